The molecule has 0 spiro atoms. The van der Waals surface area contributed by atoms with Crippen molar-refractivity contribution in [1.29, 1.82) is 0 Å². The molecule has 2 unspecified atom stereocenters. The molecule has 2 aromatic heterocycles. The molecule has 4 atom stereocenters. The van der Waals surface area contributed by atoms with Crippen LogP contribution in [0.5, 0.6) is 0 Å². The van der Waals surface area contributed by atoms with Gasteiger partial charge < -0.3 is 20.8 Å². The van der Waals surface area contributed by atoms with Gasteiger partial charge >= 0.3 is 5.97 Å². The smallest absolute Gasteiger partial charge is 0.353 e. The number of thioether (sulfide) groups is 1. The summed E-state index contributed by atoms with van der Waals surface area (Å²) in [7, 11) is 0. The summed E-state index contributed by atoms with van der Waals surface area (Å²) >= 11 is 3.01. The minimum absolute atomic E-state index is 0.0165. The van der Waals surface area contributed by atoms with Gasteiger partial charge in [-0.1, -0.05) is 30.0 Å². The van der Waals surface area contributed by atoms with Crippen LogP contribution >= 0.6 is 23.1 Å². The summed E-state index contributed by atoms with van der Waals surface area (Å²) in [5, 5.41) is 22.8. The van der Waals surface area contributed by atoms with Crippen LogP contribution in [0, 0.1) is 11.8 Å². The lowest BCUT2D eigenvalue weighted by Gasteiger charge is -2.46. The monoisotopic (exact) mass is 451 g/mol. The van der Waals surface area contributed by atoms with E-state index in [9.17, 15) is 24.6 Å². The maximum absolute atomic E-state index is 12.6. The van der Waals surface area contributed by atoms with Crippen LogP contribution in [0.4, 0.5) is 0 Å². The summed E-state index contributed by atoms with van der Waals surface area (Å²) in [6.45, 7) is 3.89. The number of imidazole rings is 1. The van der Waals surface area contributed by atoms with Gasteiger partial charge in [0, 0.05) is 16.9 Å². The predicted octanol–water partition coefficient (Wildman–Crippen LogP) is 0.539. The molecule has 4 N–H and O–H groups in total. The number of aliphatic carboxylic acids is 1. The lowest BCUT2D eigenvalue weighted by molar-refractivity contribution is -0.728. The number of carboxylic acid groups (broad SMARTS) is 1. The number of primary amides is 1. The highest BCUT2D eigenvalue weighted by molar-refractivity contribution is 7.98. The average Bonchev–Trinajstić information content (AvgIpc) is 3.28. The van der Waals surface area contributed by atoms with E-state index in [1.54, 1.807) is 6.92 Å². The maximum atomic E-state index is 12.6. The number of aromatic nitrogens is 2. The summed E-state index contributed by atoms with van der Waals surface area (Å²) in [5.74, 6) is -2.75. The number of aryl methyl sites for hydroxylation is 1. The largest absolute Gasteiger partial charge is 0.477 e. The summed E-state index contributed by atoms with van der Waals surface area (Å²) in [6, 6.07) is -0.369. The van der Waals surface area contributed by atoms with Crippen LogP contribution in [0.3, 0.4) is 0 Å². The minimum Gasteiger partial charge on any atom is -0.477 e. The van der Waals surface area contributed by atoms with E-state index in [0.717, 1.165) is 9.86 Å². The maximum Gasteiger partial charge on any atom is 0.353 e. The second kappa shape index (κ2) is 7.40. The van der Waals surface area contributed by atoms with Gasteiger partial charge in [0.15, 0.2) is 0 Å². The molecule has 160 valence electrons. The third-order valence-corrected chi connectivity index (χ3v) is 7.80. The summed E-state index contributed by atoms with van der Waals surface area (Å²) < 4.78 is 3.85. The fraction of sp³-hybridized carbons (Fsp3) is 0.474. The zero-order valence-corrected chi connectivity index (χ0v) is 18.4. The molecule has 0 saturated carbocycles. The second-order valence-corrected chi connectivity index (χ2v) is 9.30. The third kappa shape index (κ3) is 2.87. The zero-order valence-electron chi connectivity index (χ0n) is 16.7. The van der Waals surface area contributed by atoms with Crippen molar-refractivity contribution in [3.63, 3.8) is 0 Å². The van der Waals surface area contributed by atoms with Gasteiger partial charge in [0.25, 0.3) is 6.33 Å². The number of thiazole rings is 1. The van der Waals surface area contributed by atoms with Crippen LogP contribution in [0.2, 0.25) is 0 Å². The van der Waals surface area contributed by atoms with Crippen LogP contribution in [0.25, 0.3) is 10.4 Å². The molecule has 2 amide bonds. The van der Waals surface area contributed by atoms with Gasteiger partial charge in [-0.15, -0.1) is 0 Å². The number of carbonyl (C=O) groups is 3. The van der Waals surface area contributed by atoms with Crippen molar-refractivity contribution in [3.05, 3.63) is 23.1 Å². The number of amides is 2. The first-order valence-electron chi connectivity index (χ1n) is 9.52. The van der Waals surface area contributed by atoms with E-state index in [1.165, 1.54) is 28.0 Å². The standard InChI is InChI=1S/C19H22N4O5S2/c1-8-12(15(19(27)28)23-14(8)13(9(2)24)16(23)26)10-6-30-18-17(29-3)21(7-22(10)18)5-4-11(20)25/h6-9,13-14,24H,4-5H2,1-3H3,(H2-,20,25,27,28)/p+1/t8?,9-,13?,14+/m1/s1. The Morgan fingerprint density at radius 2 is 2.13 bits per heavy atom. The topological polar surface area (TPSA) is 129 Å². The van der Waals surface area contributed by atoms with Gasteiger partial charge in [0.1, 0.15) is 11.4 Å². The third-order valence-electron chi connectivity index (χ3n) is 5.90. The Hall–Kier alpha value is -2.37. The number of β-lactam (4-membered cyclic amide) rings is 1. The Morgan fingerprint density at radius 1 is 1.43 bits per heavy atom. The molecule has 2 aromatic rings. The van der Waals surface area contributed by atoms with E-state index >= 15 is 0 Å². The van der Waals surface area contributed by atoms with E-state index in [2.05, 4.69) is 0 Å². The highest BCUT2D eigenvalue weighted by Gasteiger charge is 2.60. The van der Waals surface area contributed by atoms with Crippen molar-refractivity contribution in [3.8, 4) is 0 Å². The van der Waals surface area contributed by atoms with Gasteiger partial charge in [-0.25, -0.2) is 9.36 Å². The molecule has 0 bridgehead atoms. The number of carboxylic acids is 1. The number of aliphatic hydroxyl groups is 1. The van der Waals surface area contributed by atoms with Crippen molar-refractivity contribution in [2.45, 2.75) is 44.0 Å². The number of hydrogen-bond acceptors (Lipinski definition) is 6. The van der Waals surface area contributed by atoms with Gasteiger partial charge in [-0.05, 0) is 13.2 Å². The molecule has 2 aliphatic rings. The number of rotatable bonds is 7. The number of carbonyl (C=O) groups excluding carboxylic acids is 2. The molecule has 9 nitrogen and oxygen atoms in total. The molecule has 1 fully saturated rings. The molecular formula is C19H23N4O5S2+. The molecular weight excluding hydrogens is 428 g/mol. The molecule has 0 aliphatic carbocycles. The van der Waals surface area contributed by atoms with Crippen molar-refractivity contribution >= 4 is 51.3 Å². The van der Waals surface area contributed by atoms with Crippen LogP contribution in [-0.2, 0) is 20.9 Å². The Kier molecular flexibility index (Phi) is 5.15. The molecule has 1 saturated heterocycles. The summed E-state index contributed by atoms with van der Waals surface area (Å²) in [5.41, 5.74) is 6.57. The van der Waals surface area contributed by atoms with Gasteiger partial charge in [-0.3, -0.25) is 9.59 Å². The normalized spacial score (nSPS) is 24.3. The van der Waals surface area contributed by atoms with E-state index in [4.69, 9.17) is 5.73 Å². The van der Waals surface area contributed by atoms with E-state index in [0.29, 0.717) is 17.8 Å². The van der Waals surface area contributed by atoms with Gasteiger partial charge in [0.2, 0.25) is 21.7 Å². The van der Waals surface area contributed by atoms with Crippen molar-refractivity contribution in [2.24, 2.45) is 17.6 Å². The lowest BCUT2D eigenvalue weighted by atomic mass is 9.77. The predicted molar refractivity (Wildman–Crippen MR) is 111 cm³/mol. The van der Waals surface area contributed by atoms with Crippen LogP contribution < -0.4 is 10.3 Å². The summed E-state index contributed by atoms with van der Waals surface area (Å²) in [6.07, 6.45) is 3.14. The SMILES string of the molecule is CSc1c2scc(C3=C(C(=O)O)N4C(=O)C([C@@H](C)O)[C@@H]4C3C)n2c[n+]1CCC(N)=O. The van der Waals surface area contributed by atoms with Crippen molar-refractivity contribution in [1.82, 2.24) is 9.30 Å². The van der Waals surface area contributed by atoms with Crippen LogP contribution in [0.15, 0.2) is 22.4 Å². The zero-order chi connectivity index (χ0) is 21.9. The Morgan fingerprint density at radius 3 is 2.70 bits per heavy atom. The molecule has 2 aliphatic heterocycles. The Balaban J connectivity index is 1.84. The Bertz CT molecular complexity index is 1100. The number of fused-ring (bicyclic) bond motifs is 2. The molecule has 11 heteroatoms. The molecule has 4 rings (SSSR count). The van der Waals surface area contributed by atoms with Crippen LogP contribution in [0.1, 0.15) is 26.0 Å². The molecule has 30 heavy (non-hydrogen) atoms. The van der Waals surface area contributed by atoms with Crippen molar-refractivity contribution < 1.29 is 29.2 Å². The summed E-state index contributed by atoms with van der Waals surface area (Å²) in [4.78, 5) is 38.2. The van der Waals surface area contributed by atoms with Crippen molar-refractivity contribution in [2.75, 3.05) is 6.26 Å². The first kappa shape index (κ1) is 20.9. The second-order valence-electron chi connectivity index (χ2n) is 7.65. The molecule has 0 radical (unpaired) electrons. The Labute approximate surface area is 180 Å². The number of aliphatic hydroxyl groups excluding tert-OH is 1. The average molecular weight is 452 g/mol. The molecule has 0 aromatic carbocycles. The fourth-order valence-corrected chi connectivity index (χ4v) is 6.59. The first-order chi connectivity index (χ1) is 14.2. The number of nitrogens with zero attached hydrogens (tertiary/aromatic N) is 3. The minimum atomic E-state index is -1.16. The highest BCUT2D eigenvalue weighted by Crippen LogP contribution is 2.51. The number of hydrogen-bond donors (Lipinski definition) is 3. The fourth-order valence-electron chi connectivity index (χ4n) is 4.61. The van der Waals surface area contributed by atoms with E-state index in [1.807, 2.05) is 33.9 Å². The van der Waals surface area contributed by atoms with E-state index < -0.39 is 23.9 Å². The lowest BCUT2D eigenvalue weighted by Crippen LogP contribution is -2.63. The van der Waals surface area contributed by atoms with Crippen LogP contribution in [-0.4, -0.2) is 55.7 Å². The van der Waals surface area contributed by atoms with E-state index in [-0.39, 0.29) is 30.0 Å². The first-order valence-corrected chi connectivity index (χ1v) is 11.6. The quantitative estimate of drug-likeness (QED) is 0.320. The highest BCUT2D eigenvalue weighted by atomic mass is 32.2. The van der Waals surface area contributed by atoms with Gasteiger partial charge in [-0.2, -0.15) is 4.40 Å². The number of nitrogens with two attached hydrogens (primary N) is 1. The molecule has 4 heterocycles. The van der Waals surface area contributed by atoms with Gasteiger partial charge in [0.05, 0.1) is 31.0 Å².